The van der Waals surface area contributed by atoms with Crippen molar-refractivity contribution < 1.29 is 9.13 Å². The smallest absolute Gasteiger partial charge is 0.216 e. The lowest BCUT2D eigenvalue weighted by Crippen LogP contribution is -1.97. The molecule has 0 aliphatic rings. The zero-order valence-corrected chi connectivity index (χ0v) is 13.0. The third-order valence-corrected chi connectivity index (χ3v) is 3.43. The normalized spacial score (nSPS) is 11.0. The SMILES string of the molecule is COc1ccccc1-c1n[nH]c(=S)n1/N=C/c1cccc(F)c1. The van der Waals surface area contributed by atoms with Crippen LogP contribution in [-0.4, -0.2) is 28.2 Å². The summed E-state index contributed by atoms with van der Waals surface area (Å²) in [6, 6.07) is 13.6. The lowest BCUT2D eigenvalue weighted by molar-refractivity contribution is 0.416. The van der Waals surface area contributed by atoms with Gasteiger partial charge < -0.3 is 4.74 Å². The van der Waals surface area contributed by atoms with Crippen LogP contribution in [0.1, 0.15) is 5.56 Å². The highest BCUT2D eigenvalue weighted by molar-refractivity contribution is 7.71. The van der Waals surface area contributed by atoms with E-state index in [0.29, 0.717) is 21.9 Å². The summed E-state index contributed by atoms with van der Waals surface area (Å²) < 4.78 is 20.4. The molecule has 0 spiro atoms. The molecule has 0 saturated carbocycles. The van der Waals surface area contributed by atoms with Gasteiger partial charge in [-0.15, -0.1) is 0 Å². The number of aromatic amines is 1. The number of hydrogen-bond acceptors (Lipinski definition) is 4. The van der Waals surface area contributed by atoms with Crippen LogP contribution in [0.4, 0.5) is 4.39 Å². The fraction of sp³-hybridized carbons (Fsp3) is 0.0625. The van der Waals surface area contributed by atoms with Crippen LogP contribution in [0.5, 0.6) is 5.75 Å². The minimum Gasteiger partial charge on any atom is -0.496 e. The van der Waals surface area contributed by atoms with Crippen LogP contribution in [0, 0.1) is 10.6 Å². The van der Waals surface area contributed by atoms with Crippen molar-refractivity contribution in [1.29, 1.82) is 0 Å². The predicted octanol–water partition coefficient (Wildman–Crippen LogP) is 3.64. The van der Waals surface area contributed by atoms with Crippen molar-refractivity contribution in [2.75, 3.05) is 7.11 Å². The summed E-state index contributed by atoms with van der Waals surface area (Å²) in [4.78, 5) is 0. The Morgan fingerprint density at radius 3 is 2.87 bits per heavy atom. The maximum Gasteiger partial charge on any atom is 0.216 e. The molecular formula is C16H13FN4OS. The number of para-hydroxylation sites is 1. The van der Waals surface area contributed by atoms with Gasteiger partial charge >= 0.3 is 0 Å². The van der Waals surface area contributed by atoms with Crippen LogP contribution in [0.3, 0.4) is 0 Å². The van der Waals surface area contributed by atoms with E-state index >= 15 is 0 Å². The number of rotatable bonds is 4. The molecule has 0 bridgehead atoms. The van der Waals surface area contributed by atoms with Crippen molar-refractivity contribution >= 4 is 18.4 Å². The quantitative estimate of drug-likeness (QED) is 0.588. The average molecular weight is 328 g/mol. The van der Waals surface area contributed by atoms with Crippen molar-refractivity contribution in [2.24, 2.45) is 5.10 Å². The summed E-state index contributed by atoms with van der Waals surface area (Å²) in [5, 5.41) is 11.2. The molecule has 0 unspecified atom stereocenters. The number of methoxy groups -OCH3 is 1. The Morgan fingerprint density at radius 2 is 2.09 bits per heavy atom. The van der Waals surface area contributed by atoms with Crippen LogP contribution in [0.2, 0.25) is 0 Å². The van der Waals surface area contributed by atoms with Gasteiger partial charge in [0, 0.05) is 0 Å². The molecule has 23 heavy (non-hydrogen) atoms. The van der Waals surface area contributed by atoms with Gasteiger partial charge in [-0.25, -0.2) is 9.49 Å². The molecule has 0 saturated heterocycles. The molecule has 7 heteroatoms. The van der Waals surface area contributed by atoms with E-state index in [9.17, 15) is 4.39 Å². The average Bonchev–Trinajstić information content (AvgIpc) is 2.93. The zero-order chi connectivity index (χ0) is 16.2. The Bertz CT molecular complexity index is 916. The van der Waals surface area contributed by atoms with Gasteiger partial charge in [-0.2, -0.15) is 14.9 Å². The number of aromatic nitrogens is 3. The van der Waals surface area contributed by atoms with Crippen molar-refractivity contribution in [3.63, 3.8) is 0 Å². The van der Waals surface area contributed by atoms with Gasteiger partial charge in [0.25, 0.3) is 0 Å². The highest BCUT2D eigenvalue weighted by atomic mass is 32.1. The van der Waals surface area contributed by atoms with E-state index in [0.717, 1.165) is 5.56 Å². The molecule has 116 valence electrons. The Labute approximate surface area is 137 Å². The first-order valence-electron chi connectivity index (χ1n) is 6.80. The summed E-state index contributed by atoms with van der Waals surface area (Å²) >= 11 is 5.21. The molecule has 3 rings (SSSR count). The van der Waals surface area contributed by atoms with Crippen molar-refractivity contribution in [3.8, 4) is 17.1 Å². The van der Waals surface area contributed by atoms with E-state index in [4.69, 9.17) is 17.0 Å². The Kier molecular flexibility index (Phi) is 4.29. The van der Waals surface area contributed by atoms with Gasteiger partial charge in [0.05, 0.1) is 18.9 Å². The zero-order valence-electron chi connectivity index (χ0n) is 12.2. The van der Waals surface area contributed by atoms with Crippen molar-refractivity contribution in [2.45, 2.75) is 0 Å². The van der Waals surface area contributed by atoms with Crippen LogP contribution in [0.25, 0.3) is 11.4 Å². The summed E-state index contributed by atoms with van der Waals surface area (Å²) in [5.74, 6) is 0.846. The summed E-state index contributed by atoms with van der Waals surface area (Å²) in [7, 11) is 1.58. The van der Waals surface area contributed by atoms with Gasteiger partial charge in [0.15, 0.2) is 5.82 Å². The lowest BCUT2D eigenvalue weighted by Gasteiger charge is -2.06. The fourth-order valence-electron chi connectivity index (χ4n) is 2.11. The molecule has 5 nitrogen and oxygen atoms in total. The number of nitrogens with zero attached hydrogens (tertiary/aromatic N) is 3. The highest BCUT2D eigenvalue weighted by Crippen LogP contribution is 2.27. The molecule has 1 heterocycles. The molecule has 1 aromatic heterocycles. The third kappa shape index (κ3) is 3.19. The molecule has 0 fully saturated rings. The highest BCUT2D eigenvalue weighted by Gasteiger charge is 2.12. The van der Waals surface area contributed by atoms with E-state index in [1.165, 1.54) is 23.0 Å². The second kappa shape index (κ2) is 6.53. The van der Waals surface area contributed by atoms with E-state index in [2.05, 4.69) is 15.3 Å². The predicted molar refractivity (Wildman–Crippen MR) is 88.8 cm³/mol. The topological polar surface area (TPSA) is 55.2 Å². The fourth-order valence-corrected chi connectivity index (χ4v) is 2.29. The second-order valence-electron chi connectivity index (χ2n) is 4.66. The van der Waals surface area contributed by atoms with Crippen LogP contribution in [-0.2, 0) is 0 Å². The molecule has 0 radical (unpaired) electrons. The first-order chi connectivity index (χ1) is 11.2. The van der Waals surface area contributed by atoms with E-state index in [-0.39, 0.29) is 5.82 Å². The first-order valence-corrected chi connectivity index (χ1v) is 7.20. The molecule has 0 amide bonds. The van der Waals surface area contributed by atoms with E-state index < -0.39 is 0 Å². The maximum absolute atomic E-state index is 13.2. The van der Waals surface area contributed by atoms with Gasteiger partial charge in [-0.3, -0.25) is 0 Å². The molecule has 0 aliphatic heterocycles. The number of nitrogens with one attached hydrogen (secondary N) is 1. The molecule has 0 aliphatic carbocycles. The van der Waals surface area contributed by atoms with Crippen LogP contribution < -0.4 is 4.74 Å². The number of benzene rings is 2. The summed E-state index contributed by atoms with van der Waals surface area (Å²) in [6.07, 6.45) is 1.52. The van der Waals surface area contributed by atoms with Crippen LogP contribution >= 0.6 is 12.2 Å². The molecule has 1 N–H and O–H groups in total. The van der Waals surface area contributed by atoms with Crippen LogP contribution in [0.15, 0.2) is 53.6 Å². The lowest BCUT2D eigenvalue weighted by atomic mass is 10.2. The maximum atomic E-state index is 13.2. The first kappa shape index (κ1) is 15.1. The third-order valence-electron chi connectivity index (χ3n) is 3.17. The monoisotopic (exact) mass is 328 g/mol. The largest absolute Gasteiger partial charge is 0.496 e. The Morgan fingerprint density at radius 1 is 1.26 bits per heavy atom. The molecular weight excluding hydrogens is 315 g/mol. The standard InChI is InChI=1S/C16H13FN4OS/c1-22-14-8-3-2-7-13(14)15-19-20-16(23)21(15)18-10-11-5-4-6-12(17)9-11/h2-10H,1H3,(H,20,23)/b18-10+. The molecule has 0 atom stereocenters. The minimum atomic E-state index is -0.324. The molecule has 2 aromatic carbocycles. The summed E-state index contributed by atoms with van der Waals surface area (Å²) in [5.41, 5.74) is 1.37. The molecule has 3 aromatic rings. The second-order valence-corrected chi connectivity index (χ2v) is 5.05. The van der Waals surface area contributed by atoms with Gasteiger partial charge in [0.1, 0.15) is 11.6 Å². The minimum absolute atomic E-state index is 0.324. The number of H-pyrrole nitrogens is 1. The number of hydrogen-bond donors (Lipinski definition) is 1. The van der Waals surface area contributed by atoms with Gasteiger partial charge in [-0.1, -0.05) is 24.3 Å². The summed E-state index contributed by atoms with van der Waals surface area (Å²) in [6.45, 7) is 0. The Hall–Kier alpha value is -2.80. The van der Waals surface area contributed by atoms with E-state index in [1.54, 1.807) is 19.2 Å². The number of ether oxygens (including phenoxy) is 1. The van der Waals surface area contributed by atoms with Gasteiger partial charge in [-0.05, 0) is 42.0 Å². The van der Waals surface area contributed by atoms with Crippen molar-refractivity contribution in [1.82, 2.24) is 14.9 Å². The number of halogens is 1. The van der Waals surface area contributed by atoms with E-state index in [1.807, 2.05) is 24.3 Å². The van der Waals surface area contributed by atoms with Gasteiger partial charge in [0.2, 0.25) is 4.77 Å². The van der Waals surface area contributed by atoms with Crippen molar-refractivity contribution in [3.05, 3.63) is 64.7 Å². The Balaban J connectivity index is 2.04.